The summed E-state index contributed by atoms with van der Waals surface area (Å²) >= 11 is 0. The minimum Gasteiger partial charge on any atom is -0.476 e. The third-order valence-electron chi connectivity index (χ3n) is 4.60. The number of sulfonamides is 1. The van der Waals surface area contributed by atoms with Gasteiger partial charge in [0, 0.05) is 46.5 Å². The molecule has 0 saturated carbocycles. The molecular formula is C15H20N6O5S. The largest absolute Gasteiger partial charge is 0.476 e. The van der Waals surface area contributed by atoms with Gasteiger partial charge in [-0.05, 0) is 6.92 Å². The van der Waals surface area contributed by atoms with Crippen molar-refractivity contribution in [2.45, 2.75) is 11.8 Å². The molecule has 1 fully saturated rings. The molecule has 0 unspecified atom stereocenters. The minimum atomic E-state index is -3.70. The molecule has 12 heteroatoms. The number of nitrogens with zero attached hydrogens (tertiary/aromatic N) is 6. The Morgan fingerprint density at radius 3 is 2.30 bits per heavy atom. The molecule has 0 bridgehead atoms. The van der Waals surface area contributed by atoms with Gasteiger partial charge in [0.05, 0.1) is 17.5 Å². The first-order valence-corrected chi connectivity index (χ1v) is 9.62. The summed E-state index contributed by atoms with van der Waals surface area (Å²) in [5, 5.41) is 16.9. The van der Waals surface area contributed by atoms with Crippen LogP contribution in [0.5, 0.6) is 0 Å². The zero-order valence-corrected chi connectivity index (χ0v) is 16.0. The van der Waals surface area contributed by atoms with Crippen molar-refractivity contribution < 1.29 is 23.1 Å². The molecule has 1 N–H and O–H groups in total. The summed E-state index contributed by atoms with van der Waals surface area (Å²) in [4.78, 5) is 25.5. The fourth-order valence-electron chi connectivity index (χ4n) is 2.98. The summed E-state index contributed by atoms with van der Waals surface area (Å²) in [5.41, 5.74) is 0.211. The van der Waals surface area contributed by atoms with Gasteiger partial charge in [0.25, 0.3) is 5.91 Å². The summed E-state index contributed by atoms with van der Waals surface area (Å²) < 4.78 is 29.6. The highest BCUT2D eigenvalue weighted by Gasteiger charge is 2.34. The highest BCUT2D eigenvalue weighted by molar-refractivity contribution is 7.89. The Morgan fingerprint density at radius 1 is 1.15 bits per heavy atom. The van der Waals surface area contributed by atoms with Gasteiger partial charge in [0.1, 0.15) is 4.90 Å². The molecule has 27 heavy (non-hydrogen) atoms. The van der Waals surface area contributed by atoms with Crippen molar-refractivity contribution in [1.82, 2.24) is 28.8 Å². The van der Waals surface area contributed by atoms with Gasteiger partial charge >= 0.3 is 5.97 Å². The van der Waals surface area contributed by atoms with Crippen molar-refractivity contribution in [3.8, 4) is 0 Å². The molecule has 1 amide bonds. The van der Waals surface area contributed by atoms with E-state index in [2.05, 4.69) is 10.2 Å². The number of carboxylic acid groups (broad SMARTS) is 1. The maximum atomic E-state index is 12.8. The molecule has 3 heterocycles. The molecule has 1 saturated heterocycles. The molecule has 0 aromatic carbocycles. The Balaban J connectivity index is 1.75. The molecule has 2 aromatic rings. The van der Waals surface area contributed by atoms with E-state index in [0.29, 0.717) is 5.69 Å². The van der Waals surface area contributed by atoms with Crippen LogP contribution in [-0.2, 0) is 24.1 Å². The van der Waals surface area contributed by atoms with E-state index in [4.69, 9.17) is 0 Å². The van der Waals surface area contributed by atoms with Crippen molar-refractivity contribution in [2.24, 2.45) is 14.1 Å². The zero-order chi connectivity index (χ0) is 19.9. The van der Waals surface area contributed by atoms with Crippen LogP contribution in [0.25, 0.3) is 0 Å². The Morgan fingerprint density at radius 2 is 1.78 bits per heavy atom. The van der Waals surface area contributed by atoms with Crippen LogP contribution in [0.1, 0.15) is 26.5 Å². The molecule has 146 valence electrons. The van der Waals surface area contributed by atoms with Crippen LogP contribution in [-0.4, -0.2) is 80.3 Å². The summed E-state index contributed by atoms with van der Waals surface area (Å²) in [6.45, 7) is 2.22. The summed E-state index contributed by atoms with van der Waals surface area (Å²) in [6.07, 6.45) is 2.67. The number of carbonyl (C=O) groups excluding carboxylic acids is 1. The van der Waals surface area contributed by atoms with Crippen LogP contribution in [0.15, 0.2) is 17.3 Å². The molecule has 0 spiro atoms. The van der Waals surface area contributed by atoms with E-state index < -0.39 is 21.9 Å². The predicted molar refractivity (Wildman–Crippen MR) is 92.8 cm³/mol. The number of hydrogen-bond acceptors (Lipinski definition) is 6. The Hall–Kier alpha value is -2.73. The number of carbonyl (C=O) groups is 2. The summed E-state index contributed by atoms with van der Waals surface area (Å²) in [7, 11) is -0.504. The number of hydrogen-bond donors (Lipinski definition) is 1. The standard InChI is InChI=1S/C15H20N6O5S/c1-10-12(8-16-19(10)3)27(25,26)21-6-4-20(5-7-21)14(22)11-9-18(2)17-13(11)15(23)24/h8-9H,4-7H2,1-3H3,(H,23,24). The smallest absolute Gasteiger partial charge is 0.357 e. The second kappa shape index (κ2) is 6.78. The van der Waals surface area contributed by atoms with Crippen LogP contribution in [0.3, 0.4) is 0 Å². The van der Waals surface area contributed by atoms with Crippen LogP contribution in [0, 0.1) is 6.92 Å². The van der Waals surface area contributed by atoms with Gasteiger partial charge in [-0.25, -0.2) is 13.2 Å². The molecule has 0 atom stereocenters. The van der Waals surface area contributed by atoms with Crippen LogP contribution in [0.4, 0.5) is 0 Å². The van der Waals surface area contributed by atoms with E-state index in [1.165, 1.54) is 38.0 Å². The quantitative estimate of drug-likeness (QED) is 0.723. The van der Waals surface area contributed by atoms with Crippen molar-refractivity contribution in [1.29, 1.82) is 0 Å². The second-order valence-electron chi connectivity index (χ2n) is 6.28. The number of amides is 1. The van der Waals surface area contributed by atoms with Gasteiger partial charge < -0.3 is 10.0 Å². The lowest BCUT2D eigenvalue weighted by molar-refractivity contribution is 0.0652. The second-order valence-corrected chi connectivity index (χ2v) is 8.19. The number of aromatic carboxylic acids is 1. The zero-order valence-electron chi connectivity index (χ0n) is 15.2. The highest BCUT2D eigenvalue weighted by Crippen LogP contribution is 2.21. The average molecular weight is 396 g/mol. The van der Waals surface area contributed by atoms with Gasteiger partial charge in [-0.15, -0.1) is 0 Å². The number of carboxylic acids is 1. The van der Waals surface area contributed by atoms with Crippen LogP contribution >= 0.6 is 0 Å². The van der Waals surface area contributed by atoms with Crippen molar-refractivity contribution in [3.05, 3.63) is 29.3 Å². The first-order valence-electron chi connectivity index (χ1n) is 8.18. The van der Waals surface area contributed by atoms with E-state index in [-0.39, 0.29) is 42.3 Å². The third-order valence-corrected chi connectivity index (χ3v) is 6.60. The number of piperazine rings is 1. The van der Waals surface area contributed by atoms with Crippen LogP contribution in [0.2, 0.25) is 0 Å². The maximum Gasteiger partial charge on any atom is 0.357 e. The molecule has 1 aliphatic rings. The predicted octanol–water partition coefficient (Wildman–Crippen LogP) is -0.693. The molecule has 1 aliphatic heterocycles. The molecule has 11 nitrogen and oxygen atoms in total. The first-order chi connectivity index (χ1) is 12.6. The highest BCUT2D eigenvalue weighted by atomic mass is 32.2. The van der Waals surface area contributed by atoms with E-state index in [0.717, 1.165) is 0 Å². The van der Waals surface area contributed by atoms with Gasteiger partial charge in [-0.2, -0.15) is 14.5 Å². The van der Waals surface area contributed by atoms with Gasteiger partial charge in [0.15, 0.2) is 5.69 Å². The Bertz CT molecular complexity index is 1000. The lowest BCUT2D eigenvalue weighted by Crippen LogP contribution is -2.50. The molecule has 3 rings (SSSR count). The Kier molecular flexibility index (Phi) is 4.78. The lowest BCUT2D eigenvalue weighted by atomic mass is 10.2. The summed E-state index contributed by atoms with van der Waals surface area (Å²) in [6, 6.07) is 0. The maximum absolute atomic E-state index is 12.8. The molecule has 0 aliphatic carbocycles. The molecular weight excluding hydrogens is 376 g/mol. The van der Waals surface area contributed by atoms with Crippen LogP contribution < -0.4 is 0 Å². The van der Waals surface area contributed by atoms with Crippen molar-refractivity contribution in [2.75, 3.05) is 26.2 Å². The molecule has 0 radical (unpaired) electrons. The number of aryl methyl sites for hydroxylation is 2. The monoisotopic (exact) mass is 396 g/mol. The van der Waals surface area contributed by atoms with E-state index in [9.17, 15) is 23.1 Å². The normalized spacial score (nSPS) is 15.9. The average Bonchev–Trinajstić information content (AvgIpc) is 3.18. The minimum absolute atomic E-state index is 0.00980. The van der Waals surface area contributed by atoms with E-state index in [1.807, 2.05) is 0 Å². The number of aromatic nitrogens is 4. The third kappa shape index (κ3) is 3.32. The van der Waals surface area contributed by atoms with Gasteiger partial charge in [-0.1, -0.05) is 0 Å². The van der Waals surface area contributed by atoms with Crippen molar-refractivity contribution >= 4 is 21.9 Å². The fraction of sp³-hybridized carbons (Fsp3) is 0.467. The van der Waals surface area contributed by atoms with E-state index in [1.54, 1.807) is 14.0 Å². The van der Waals surface area contributed by atoms with Crippen molar-refractivity contribution in [3.63, 3.8) is 0 Å². The topological polar surface area (TPSA) is 131 Å². The number of rotatable bonds is 4. The SMILES string of the molecule is Cc1c(S(=O)(=O)N2CCN(C(=O)c3cn(C)nc3C(=O)O)CC2)cnn1C. The fourth-order valence-corrected chi connectivity index (χ4v) is 4.58. The first kappa shape index (κ1) is 19.0. The lowest BCUT2D eigenvalue weighted by Gasteiger charge is -2.33. The molecule has 2 aromatic heterocycles. The Labute approximate surface area is 155 Å². The van der Waals surface area contributed by atoms with Gasteiger partial charge in [-0.3, -0.25) is 14.2 Å². The van der Waals surface area contributed by atoms with E-state index >= 15 is 0 Å². The van der Waals surface area contributed by atoms with Gasteiger partial charge in [0.2, 0.25) is 10.0 Å². The summed E-state index contributed by atoms with van der Waals surface area (Å²) in [5.74, 6) is -1.76.